The van der Waals surface area contributed by atoms with Crippen molar-refractivity contribution in [2.45, 2.75) is 19.8 Å². The van der Waals surface area contributed by atoms with Gasteiger partial charge in [-0.15, -0.1) is 0 Å². The number of nitrogens with zero attached hydrogens (tertiary/aromatic N) is 1. The van der Waals surface area contributed by atoms with Gasteiger partial charge in [0.2, 0.25) is 0 Å². The van der Waals surface area contributed by atoms with Crippen LogP contribution in [0.2, 0.25) is 0 Å². The van der Waals surface area contributed by atoms with Crippen LogP contribution in [0, 0.1) is 6.92 Å². The van der Waals surface area contributed by atoms with Gasteiger partial charge in [0.15, 0.2) is 0 Å². The van der Waals surface area contributed by atoms with Crippen LogP contribution in [-0.4, -0.2) is 18.9 Å². The maximum atomic E-state index is 4.45. The van der Waals surface area contributed by atoms with Crippen molar-refractivity contribution in [2.24, 2.45) is 4.99 Å². The second-order valence-corrected chi connectivity index (χ2v) is 3.77. The van der Waals surface area contributed by atoms with E-state index in [0.717, 1.165) is 31.8 Å². The third-order valence-electron chi connectivity index (χ3n) is 2.46. The zero-order chi connectivity index (χ0) is 9.80. The minimum Gasteiger partial charge on any atom is -0.373 e. The predicted molar refractivity (Wildman–Crippen MR) is 59.8 cm³/mol. The van der Waals surface area contributed by atoms with Crippen LogP contribution >= 0.6 is 0 Å². The molecule has 0 bridgehead atoms. The largest absolute Gasteiger partial charge is 0.373 e. The highest BCUT2D eigenvalue weighted by Crippen LogP contribution is 2.05. The molecule has 0 spiro atoms. The molecule has 74 valence electrons. The standard InChI is InChI=1S/C12H16N2/c1-10-3-5-11(6-4-10)9-12-13-7-2-8-14-12/h3-6H,2,7-9H2,1H3,(H,13,14). The molecule has 1 aromatic rings. The Labute approximate surface area is 85.1 Å². The summed E-state index contributed by atoms with van der Waals surface area (Å²) in [4.78, 5) is 4.45. The van der Waals surface area contributed by atoms with Crippen molar-refractivity contribution < 1.29 is 0 Å². The Morgan fingerprint density at radius 1 is 1.29 bits per heavy atom. The molecule has 1 aliphatic rings. The van der Waals surface area contributed by atoms with Crippen LogP contribution in [0.3, 0.4) is 0 Å². The number of hydrogen-bond donors (Lipinski definition) is 1. The highest BCUT2D eigenvalue weighted by molar-refractivity contribution is 5.84. The molecule has 0 radical (unpaired) electrons. The fourth-order valence-electron chi connectivity index (χ4n) is 1.60. The molecule has 0 amide bonds. The van der Waals surface area contributed by atoms with E-state index in [9.17, 15) is 0 Å². The average Bonchev–Trinajstić information content (AvgIpc) is 2.23. The third-order valence-corrected chi connectivity index (χ3v) is 2.46. The normalized spacial score (nSPS) is 15.9. The molecule has 1 N–H and O–H groups in total. The fraction of sp³-hybridized carbons (Fsp3) is 0.417. The first-order valence-electron chi connectivity index (χ1n) is 5.17. The molecule has 0 unspecified atom stereocenters. The average molecular weight is 188 g/mol. The lowest BCUT2D eigenvalue weighted by atomic mass is 10.1. The van der Waals surface area contributed by atoms with Crippen molar-refractivity contribution >= 4 is 5.84 Å². The second kappa shape index (κ2) is 4.27. The zero-order valence-corrected chi connectivity index (χ0v) is 8.59. The van der Waals surface area contributed by atoms with Gasteiger partial charge in [-0.3, -0.25) is 4.99 Å². The number of nitrogens with one attached hydrogen (secondary N) is 1. The number of rotatable bonds is 2. The summed E-state index contributed by atoms with van der Waals surface area (Å²) in [5, 5.41) is 3.33. The molecule has 0 aromatic heterocycles. The minimum atomic E-state index is 0.945. The van der Waals surface area contributed by atoms with Crippen LogP contribution in [-0.2, 0) is 6.42 Å². The number of aryl methyl sites for hydroxylation is 1. The Kier molecular flexibility index (Phi) is 2.82. The molecule has 0 saturated heterocycles. The van der Waals surface area contributed by atoms with E-state index in [1.54, 1.807) is 0 Å². The van der Waals surface area contributed by atoms with Crippen molar-refractivity contribution in [1.82, 2.24) is 5.32 Å². The molecule has 14 heavy (non-hydrogen) atoms. The maximum Gasteiger partial charge on any atom is 0.101 e. The molecule has 1 aromatic carbocycles. The highest BCUT2D eigenvalue weighted by Gasteiger charge is 2.04. The Bertz CT molecular complexity index is 325. The highest BCUT2D eigenvalue weighted by atomic mass is 15.0. The summed E-state index contributed by atoms with van der Waals surface area (Å²) in [5.74, 6) is 1.14. The summed E-state index contributed by atoms with van der Waals surface area (Å²) in [5.41, 5.74) is 2.65. The molecule has 2 nitrogen and oxygen atoms in total. The maximum absolute atomic E-state index is 4.45. The van der Waals surface area contributed by atoms with Gasteiger partial charge in [0.1, 0.15) is 5.84 Å². The summed E-state index contributed by atoms with van der Waals surface area (Å²) in [6.07, 6.45) is 2.11. The van der Waals surface area contributed by atoms with E-state index >= 15 is 0 Å². The molecule has 2 heteroatoms. The van der Waals surface area contributed by atoms with Crippen LogP contribution in [0.25, 0.3) is 0 Å². The molecule has 1 heterocycles. The van der Waals surface area contributed by atoms with Crippen molar-refractivity contribution in [3.63, 3.8) is 0 Å². The molecule has 0 saturated carbocycles. The first kappa shape index (κ1) is 9.25. The predicted octanol–water partition coefficient (Wildman–Crippen LogP) is 1.93. The summed E-state index contributed by atoms with van der Waals surface area (Å²) < 4.78 is 0. The number of amidine groups is 1. The van der Waals surface area contributed by atoms with E-state index < -0.39 is 0 Å². The van der Waals surface area contributed by atoms with E-state index in [2.05, 4.69) is 41.5 Å². The summed E-state index contributed by atoms with van der Waals surface area (Å²) in [6, 6.07) is 8.65. The summed E-state index contributed by atoms with van der Waals surface area (Å²) >= 11 is 0. The van der Waals surface area contributed by atoms with Crippen molar-refractivity contribution in [3.05, 3.63) is 35.4 Å². The fourth-order valence-corrected chi connectivity index (χ4v) is 1.60. The Balaban J connectivity index is 2.03. The van der Waals surface area contributed by atoms with Crippen LogP contribution in [0.5, 0.6) is 0 Å². The lowest BCUT2D eigenvalue weighted by molar-refractivity contribution is 0.731. The van der Waals surface area contributed by atoms with E-state index in [1.165, 1.54) is 11.1 Å². The van der Waals surface area contributed by atoms with E-state index in [-0.39, 0.29) is 0 Å². The zero-order valence-electron chi connectivity index (χ0n) is 8.59. The summed E-state index contributed by atoms with van der Waals surface area (Å²) in [6.45, 7) is 4.17. The molecular weight excluding hydrogens is 172 g/mol. The van der Waals surface area contributed by atoms with E-state index in [1.807, 2.05) is 0 Å². The number of benzene rings is 1. The first-order valence-corrected chi connectivity index (χ1v) is 5.17. The van der Waals surface area contributed by atoms with Gasteiger partial charge in [-0.05, 0) is 18.9 Å². The molecule has 0 aliphatic carbocycles. The lowest BCUT2D eigenvalue weighted by Crippen LogP contribution is -2.30. The van der Waals surface area contributed by atoms with Gasteiger partial charge >= 0.3 is 0 Å². The van der Waals surface area contributed by atoms with Crippen molar-refractivity contribution in [1.29, 1.82) is 0 Å². The van der Waals surface area contributed by atoms with Gasteiger partial charge < -0.3 is 5.32 Å². The Hall–Kier alpha value is -1.31. The lowest BCUT2D eigenvalue weighted by Gasteiger charge is -2.14. The molecule has 0 fully saturated rings. The monoisotopic (exact) mass is 188 g/mol. The number of aliphatic imine (C=N–C) groups is 1. The smallest absolute Gasteiger partial charge is 0.101 e. The van der Waals surface area contributed by atoms with E-state index in [0.29, 0.717) is 0 Å². The van der Waals surface area contributed by atoms with Gasteiger partial charge in [-0.2, -0.15) is 0 Å². The SMILES string of the molecule is Cc1ccc(CC2=NCCCN2)cc1. The van der Waals surface area contributed by atoms with E-state index in [4.69, 9.17) is 0 Å². The second-order valence-electron chi connectivity index (χ2n) is 3.77. The number of hydrogen-bond acceptors (Lipinski definition) is 2. The van der Waals surface area contributed by atoms with Gasteiger partial charge in [0, 0.05) is 19.5 Å². The molecule has 2 rings (SSSR count). The van der Waals surface area contributed by atoms with Crippen LogP contribution in [0.4, 0.5) is 0 Å². The quantitative estimate of drug-likeness (QED) is 0.753. The van der Waals surface area contributed by atoms with Crippen molar-refractivity contribution in [2.75, 3.05) is 13.1 Å². The van der Waals surface area contributed by atoms with Gasteiger partial charge in [0.05, 0.1) is 0 Å². The van der Waals surface area contributed by atoms with Crippen LogP contribution in [0.15, 0.2) is 29.3 Å². The van der Waals surface area contributed by atoms with Gasteiger partial charge in [-0.1, -0.05) is 29.8 Å². The van der Waals surface area contributed by atoms with Crippen molar-refractivity contribution in [3.8, 4) is 0 Å². The minimum absolute atomic E-state index is 0.945. The Morgan fingerprint density at radius 3 is 2.71 bits per heavy atom. The Morgan fingerprint density at radius 2 is 2.07 bits per heavy atom. The van der Waals surface area contributed by atoms with Gasteiger partial charge in [0.25, 0.3) is 0 Å². The molecular formula is C12H16N2. The van der Waals surface area contributed by atoms with Crippen LogP contribution < -0.4 is 5.32 Å². The van der Waals surface area contributed by atoms with Gasteiger partial charge in [-0.25, -0.2) is 0 Å². The summed E-state index contributed by atoms with van der Waals surface area (Å²) in [7, 11) is 0. The topological polar surface area (TPSA) is 24.4 Å². The molecule has 1 aliphatic heterocycles. The third kappa shape index (κ3) is 2.34. The first-order chi connectivity index (χ1) is 6.84. The van der Waals surface area contributed by atoms with Crippen LogP contribution in [0.1, 0.15) is 17.5 Å². The molecule has 0 atom stereocenters.